The van der Waals surface area contributed by atoms with Gasteiger partial charge in [0.2, 0.25) is 0 Å². The van der Waals surface area contributed by atoms with Gasteiger partial charge in [-0.15, -0.1) is 0 Å². The zero-order valence-electron chi connectivity index (χ0n) is 8.17. The molecule has 0 bridgehead atoms. The van der Waals surface area contributed by atoms with Crippen molar-refractivity contribution in [3.8, 4) is 5.75 Å². The molecule has 4 N–H and O–H groups in total. The summed E-state index contributed by atoms with van der Waals surface area (Å²) in [5, 5.41) is 19.7. The Balaban J connectivity index is 0.00000225. The van der Waals surface area contributed by atoms with Gasteiger partial charge in [-0.05, 0) is 12.1 Å². The van der Waals surface area contributed by atoms with E-state index in [1.54, 1.807) is 0 Å². The van der Waals surface area contributed by atoms with Crippen LogP contribution >= 0.6 is 0 Å². The Morgan fingerprint density at radius 2 is 1.88 bits per heavy atom. The zero-order chi connectivity index (χ0) is 11.8. The minimum absolute atomic E-state index is 0. The summed E-state index contributed by atoms with van der Waals surface area (Å²) in [6.45, 7) is 0. The number of anilines is 1. The van der Waals surface area contributed by atoms with Gasteiger partial charge in [-0.25, -0.2) is 4.79 Å². The van der Waals surface area contributed by atoms with Crippen LogP contribution in [0.3, 0.4) is 0 Å². The van der Waals surface area contributed by atoms with E-state index in [9.17, 15) is 18.3 Å². The van der Waals surface area contributed by atoms with Gasteiger partial charge in [-0.3, -0.25) is 4.55 Å². The first-order chi connectivity index (χ1) is 6.75. The first-order valence-electron chi connectivity index (χ1n) is 3.55. The van der Waals surface area contributed by atoms with Gasteiger partial charge < -0.3 is 15.9 Å². The smallest absolute Gasteiger partial charge is 0.870 e. The molecule has 0 unspecified atom stereocenters. The number of carboxylic acid groups (broad SMARTS) is 1. The molecule has 0 heterocycles. The third kappa shape index (κ3) is 3.17. The normalized spacial score (nSPS) is 10.6. The number of aromatic carboxylic acids is 1. The number of nitrogen functional groups attached to an aromatic ring is 1. The summed E-state index contributed by atoms with van der Waals surface area (Å²) in [6.07, 6.45) is 0. The second kappa shape index (κ2) is 5.45. The van der Waals surface area contributed by atoms with Gasteiger partial charge in [0.15, 0.2) is 0 Å². The van der Waals surface area contributed by atoms with Crippen molar-refractivity contribution in [2.24, 2.45) is 0 Å². The van der Waals surface area contributed by atoms with Gasteiger partial charge in [-0.1, -0.05) is 5.75 Å². The van der Waals surface area contributed by atoms with Crippen molar-refractivity contribution in [2.45, 2.75) is 4.90 Å². The van der Waals surface area contributed by atoms with Crippen molar-refractivity contribution < 1.29 is 79.4 Å². The fourth-order valence-electron chi connectivity index (χ4n) is 0.975. The van der Waals surface area contributed by atoms with Crippen LogP contribution in [0.5, 0.6) is 5.75 Å². The molecule has 0 spiro atoms. The molecule has 0 amide bonds. The molecule has 9 heteroatoms. The van der Waals surface area contributed by atoms with Crippen molar-refractivity contribution in [1.29, 1.82) is 0 Å². The van der Waals surface area contributed by atoms with E-state index in [0.29, 0.717) is 0 Å². The van der Waals surface area contributed by atoms with Gasteiger partial charge in [0, 0.05) is 5.69 Å². The Bertz CT molecular complexity index is 526. The molecule has 0 saturated heterocycles. The number of hydrogen-bond acceptors (Lipinski definition) is 5. The number of rotatable bonds is 2. The fourth-order valence-corrected chi connectivity index (χ4v) is 1.59. The van der Waals surface area contributed by atoms with Gasteiger partial charge in [0.25, 0.3) is 10.1 Å². The van der Waals surface area contributed by atoms with E-state index >= 15 is 0 Å². The molecule has 82 valence electrons. The van der Waals surface area contributed by atoms with Gasteiger partial charge >= 0.3 is 57.4 Å². The zero-order valence-corrected chi connectivity index (χ0v) is 12.1. The minimum Gasteiger partial charge on any atom is -0.870 e. The molecule has 7 nitrogen and oxygen atoms in total. The standard InChI is InChI=1S/C7H7NO6S.K/c8-5-4(15(12,13)14)2-1-3(6(5)9)7(10)11;/h1-2,9H,8H2,(H,10,11)(H,12,13,14);/q;+1/p-1. The molecule has 0 fully saturated rings. The fraction of sp³-hybridized carbons (Fsp3) is 0. The number of hydrogen-bond donors (Lipinski definition) is 3. The van der Waals surface area contributed by atoms with Gasteiger partial charge in [-0.2, -0.15) is 8.42 Å². The Labute approximate surface area is 133 Å². The maximum absolute atomic E-state index is 11.2. The van der Waals surface area contributed by atoms with Crippen molar-refractivity contribution >= 4 is 21.8 Å². The summed E-state index contributed by atoms with van der Waals surface area (Å²) in [5.74, 6) is -2.66. The first kappa shape index (κ1) is 15.8. The summed E-state index contributed by atoms with van der Waals surface area (Å²) < 4.78 is 30.0. The number of benzene rings is 1. The maximum Gasteiger partial charge on any atom is 1.00 e. The summed E-state index contributed by atoms with van der Waals surface area (Å²) in [6, 6.07) is 1.53. The maximum atomic E-state index is 11.2. The average Bonchev–Trinajstić information content (AvgIpc) is 2.06. The topological polar surface area (TPSA) is 141 Å². The van der Waals surface area contributed by atoms with E-state index in [4.69, 9.17) is 15.4 Å². The third-order valence-electron chi connectivity index (χ3n) is 1.66. The van der Waals surface area contributed by atoms with Crippen molar-refractivity contribution in [2.75, 3.05) is 5.73 Å². The molecular weight excluding hydrogens is 265 g/mol. The van der Waals surface area contributed by atoms with Crippen LogP contribution in [0.2, 0.25) is 0 Å². The molecule has 16 heavy (non-hydrogen) atoms. The third-order valence-corrected chi connectivity index (χ3v) is 2.58. The first-order valence-corrected chi connectivity index (χ1v) is 4.99. The summed E-state index contributed by atoms with van der Waals surface area (Å²) >= 11 is 0. The SMILES string of the molecule is Nc1c(S(=O)(=O)O)ccc(C(=O)O)c1[O-].[K+]. The van der Waals surface area contributed by atoms with Crippen LogP contribution in [0.4, 0.5) is 5.69 Å². The summed E-state index contributed by atoms with van der Waals surface area (Å²) in [5.41, 5.74) is 3.63. The molecule has 0 aliphatic carbocycles. The van der Waals surface area contributed by atoms with E-state index in [0.717, 1.165) is 12.1 Å². The summed E-state index contributed by atoms with van der Waals surface area (Å²) in [4.78, 5) is 9.67. The second-order valence-corrected chi connectivity index (χ2v) is 4.02. The average molecular weight is 271 g/mol. The van der Waals surface area contributed by atoms with E-state index in [-0.39, 0.29) is 51.4 Å². The van der Waals surface area contributed by atoms with Crippen LogP contribution < -0.4 is 62.2 Å². The molecule has 0 atom stereocenters. The molecule has 1 aromatic carbocycles. The van der Waals surface area contributed by atoms with Crippen molar-refractivity contribution in [3.63, 3.8) is 0 Å². The van der Waals surface area contributed by atoms with Crippen molar-refractivity contribution in [3.05, 3.63) is 17.7 Å². The number of carbonyl (C=O) groups is 1. The van der Waals surface area contributed by atoms with Crippen LogP contribution in [0.1, 0.15) is 10.4 Å². The molecular formula is C7H6KNO6S. The molecule has 0 saturated carbocycles. The van der Waals surface area contributed by atoms with E-state index < -0.39 is 38.0 Å². The monoisotopic (exact) mass is 271 g/mol. The predicted octanol–water partition coefficient (Wildman–Crippen LogP) is -3.71. The predicted molar refractivity (Wildman–Crippen MR) is 47.1 cm³/mol. The van der Waals surface area contributed by atoms with Crippen LogP contribution in [0.25, 0.3) is 0 Å². The second-order valence-electron chi connectivity index (χ2n) is 2.63. The number of carboxylic acids is 1. The van der Waals surface area contributed by atoms with E-state index in [1.165, 1.54) is 0 Å². The van der Waals surface area contributed by atoms with E-state index in [1.807, 2.05) is 0 Å². The van der Waals surface area contributed by atoms with Gasteiger partial charge in [0.05, 0.1) is 5.56 Å². The number of nitrogens with two attached hydrogens (primary N) is 1. The van der Waals surface area contributed by atoms with Crippen LogP contribution in [-0.4, -0.2) is 24.0 Å². The molecule has 0 aliphatic rings. The minimum atomic E-state index is -4.62. The molecule has 1 rings (SSSR count). The Morgan fingerprint density at radius 3 is 2.25 bits per heavy atom. The van der Waals surface area contributed by atoms with Crippen molar-refractivity contribution in [1.82, 2.24) is 0 Å². The molecule has 1 aromatic rings. The van der Waals surface area contributed by atoms with Crippen LogP contribution in [-0.2, 0) is 10.1 Å². The van der Waals surface area contributed by atoms with Gasteiger partial charge in [0.1, 0.15) is 4.90 Å². The Hall–Kier alpha value is -0.164. The molecule has 0 aromatic heterocycles. The molecule has 0 aliphatic heterocycles. The largest absolute Gasteiger partial charge is 1.00 e. The molecule has 0 radical (unpaired) electrons. The Kier molecular flexibility index (Phi) is 5.39. The van der Waals surface area contributed by atoms with Crippen LogP contribution in [0, 0.1) is 0 Å². The summed E-state index contributed by atoms with van der Waals surface area (Å²) in [7, 11) is -4.62. The van der Waals surface area contributed by atoms with E-state index in [2.05, 4.69) is 0 Å². The Morgan fingerprint density at radius 1 is 1.38 bits per heavy atom. The quantitative estimate of drug-likeness (QED) is 0.285. The van der Waals surface area contributed by atoms with Crippen LogP contribution in [0.15, 0.2) is 17.0 Å².